The molecule has 6 heteroatoms. The third-order valence-corrected chi connectivity index (χ3v) is 4.06. The second-order valence-electron chi connectivity index (χ2n) is 6.60. The molecule has 0 amide bonds. The van der Waals surface area contributed by atoms with Crippen LogP contribution >= 0.6 is 11.6 Å². The highest BCUT2D eigenvalue weighted by Crippen LogP contribution is 2.40. The Hall–Kier alpha value is -1.36. The van der Waals surface area contributed by atoms with E-state index in [1.54, 1.807) is 6.08 Å². The maximum absolute atomic E-state index is 6.04. The van der Waals surface area contributed by atoms with Gasteiger partial charge in [-0.1, -0.05) is 12.7 Å². The Morgan fingerprint density at radius 3 is 2.38 bits per heavy atom. The van der Waals surface area contributed by atoms with Gasteiger partial charge in [0.1, 0.15) is 6.61 Å². The Balaban J connectivity index is 2.42. The molecule has 0 N–H and O–H groups in total. The van der Waals surface area contributed by atoms with Gasteiger partial charge in [0.2, 0.25) is 11.2 Å². The second-order valence-corrected chi connectivity index (χ2v) is 6.94. The molecule has 0 unspecified atom stereocenters. The molecule has 0 saturated carbocycles. The van der Waals surface area contributed by atoms with Gasteiger partial charge in [0.05, 0.1) is 0 Å². The summed E-state index contributed by atoms with van der Waals surface area (Å²) in [7, 11) is 0. The van der Waals surface area contributed by atoms with E-state index >= 15 is 0 Å². The summed E-state index contributed by atoms with van der Waals surface area (Å²) < 4.78 is 5.41. The van der Waals surface area contributed by atoms with Gasteiger partial charge in [-0.2, -0.15) is 15.0 Å². The molecule has 5 nitrogen and oxygen atoms in total. The Kier molecular flexibility index (Phi) is 4.42. The summed E-state index contributed by atoms with van der Waals surface area (Å²) in [5.74, 6) is 0.573. The number of piperidine rings is 1. The number of hydrogen-bond acceptors (Lipinski definition) is 5. The first-order valence-electron chi connectivity index (χ1n) is 7.22. The molecule has 1 aromatic rings. The van der Waals surface area contributed by atoms with Gasteiger partial charge in [0.25, 0.3) is 0 Å². The predicted molar refractivity (Wildman–Crippen MR) is 85.0 cm³/mol. The summed E-state index contributed by atoms with van der Waals surface area (Å²) in [5.41, 5.74) is -0.0791. The number of aromatic nitrogens is 3. The van der Waals surface area contributed by atoms with Crippen LogP contribution in [0.25, 0.3) is 0 Å². The van der Waals surface area contributed by atoms with E-state index in [-0.39, 0.29) is 22.4 Å². The maximum Gasteiger partial charge on any atom is 0.322 e. The highest BCUT2D eigenvalue weighted by molar-refractivity contribution is 6.28. The summed E-state index contributed by atoms with van der Waals surface area (Å²) >= 11 is 6.04. The quantitative estimate of drug-likeness (QED) is 0.795. The summed E-state index contributed by atoms with van der Waals surface area (Å²) in [6.45, 7) is 12.8. The highest BCUT2D eigenvalue weighted by Gasteiger charge is 2.43. The molecule has 0 aliphatic carbocycles. The Labute approximate surface area is 131 Å². The number of halogens is 1. The lowest BCUT2D eigenvalue weighted by Gasteiger charge is -2.52. The minimum absolute atomic E-state index is 0.0395. The zero-order chi connectivity index (χ0) is 15.7. The number of nitrogens with zero attached hydrogens (tertiary/aromatic N) is 4. The zero-order valence-corrected chi connectivity index (χ0v) is 13.9. The van der Waals surface area contributed by atoms with Gasteiger partial charge < -0.3 is 9.64 Å². The largest absolute Gasteiger partial charge is 0.459 e. The van der Waals surface area contributed by atoms with Crippen LogP contribution in [-0.2, 0) is 0 Å². The molecule has 1 fully saturated rings. The van der Waals surface area contributed by atoms with Gasteiger partial charge in [0, 0.05) is 11.1 Å². The van der Waals surface area contributed by atoms with Crippen LogP contribution in [0.15, 0.2) is 12.7 Å². The van der Waals surface area contributed by atoms with E-state index in [2.05, 4.69) is 54.1 Å². The Morgan fingerprint density at radius 2 is 1.81 bits per heavy atom. The smallest absolute Gasteiger partial charge is 0.322 e. The minimum atomic E-state index is -0.0395. The van der Waals surface area contributed by atoms with E-state index in [9.17, 15) is 0 Å². The summed E-state index contributed by atoms with van der Waals surface area (Å²) in [6.07, 6.45) is 5.01. The van der Waals surface area contributed by atoms with Crippen molar-refractivity contribution >= 4 is 17.5 Å². The molecule has 2 rings (SSSR count). The minimum Gasteiger partial charge on any atom is -0.459 e. The molecule has 0 atom stereocenters. The average molecular weight is 311 g/mol. The van der Waals surface area contributed by atoms with E-state index in [0.29, 0.717) is 12.6 Å². The lowest BCUT2D eigenvalue weighted by atomic mass is 9.80. The van der Waals surface area contributed by atoms with Crippen molar-refractivity contribution in [2.75, 3.05) is 11.5 Å². The van der Waals surface area contributed by atoms with Gasteiger partial charge in [-0.3, -0.25) is 0 Å². The van der Waals surface area contributed by atoms with Crippen molar-refractivity contribution in [2.45, 2.75) is 58.0 Å². The van der Waals surface area contributed by atoms with Crippen LogP contribution in [0.5, 0.6) is 6.01 Å². The molecule has 21 heavy (non-hydrogen) atoms. The molecule has 0 bridgehead atoms. The van der Waals surface area contributed by atoms with Crippen LogP contribution < -0.4 is 9.64 Å². The molecule has 1 aromatic heterocycles. The molecular formula is C15H23ClN4O. The van der Waals surface area contributed by atoms with Crippen molar-refractivity contribution in [3.8, 4) is 6.01 Å². The molecule has 1 aliphatic rings. The Morgan fingerprint density at radius 1 is 1.19 bits per heavy atom. The average Bonchev–Trinajstić information content (AvgIpc) is 2.33. The number of rotatable bonds is 4. The van der Waals surface area contributed by atoms with E-state index in [4.69, 9.17) is 16.3 Å². The zero-order valence-electron chi connectivity index (χ0n) is 13.2. The first kappa shape index (κ1) is 16.0. The van der Waals surface area contributed by atoms with Gasteiger partial charge >= 0.3 is 6.01 Å². The first-order valence-corrected chi connectivity index (χ1v) is 7.60. The van der Waals surface area contributed by atoms with Crippen molar-refractivity contribution in [2.24, 2.45) is 0 Å². The molecular weight excluding hydrogens is 288 g/mol. The highest BCUT2D eigenvalue weighted by atomic mass is 35.5. The fraction of sp³-hybridized carbons (Fsp3) is 0.667. The lowest BCUT2D eigenvalue weighted by Crippen LogP contribution is -2.59. The van der Waals surface area contributed by atoms with Crippen LogP contribution in [0.1, 0.15) is 47.0 Å². The van der Waals surface area contributed by atoms with E-state index in [1.807, 2.05) is 0 Å². The SMILES string of the molecule is C=CCOc1nc(Cl)nc(N2C(C)(C)CCCC2(C)C)n1. The summed E-state index contributed by atoms with van der Waals surface area (Å²) in [5, 5.41) is 0.149. The number of anilines is 1. The van der Waals surface area contributed by atoms with Crippen LogP contribution in [0.2, 0.25) is 5.28 Å². The van der Waals surface area contributed by atoms with Gasteiger partial charge in [0.15, 0.2) is 0 Å². The van der Waals surface area contributed by atoms with Crippen LogP contribution in [0.4, 0.5) is 5.95 Å². The van der Waals surface area contributed by atoms with E-state index in [1.165, 1.54) is 6.42 Å². The Bertz CT molecular complexity index is 514. The van der Waals surface area contributed by atoms with Gasteiger partial charge in [-0.05, 0) is 58.6 Å². The van der Waals surface area contributed by atoms with Crippen LogP contribution in [-0.4, -0.2) is 32.6 Å². The molecule has 0 radical (unpaired) electrons. The summed E-state index contributed by atoms with van der Waals surface area (Å²) in [6, 6.07) is 0.238. The normalized spacial score (nSPS) is 20.1. The second kappa shape index (κ2) is 5.79. The fourth-order valence-corrected chi connectivity index (χ4v) is 3.31. The molecule has 0 aromatic carbocycles. The van der Waals surface area contributed by atoms with Crippen LogP contribution in [0.3, 0.4) is 0 Å². The molecule has 1 aliphatic heterocycles. The van der Waals surface area contributed by atoms with Gasteiger partial charge in [-0.15, -0.1) is 0 Å². The van der Waals surface area contributed by atoms with Crippen molar-refractivity contribution in [1.82, 2.24) is 15.0 Å². The molecule has 0 spiro atoms. The fourth-order valence-electron chi connectivity index (χ4n) is 3.16. The van der Waals surface area contributed by atoms with Gasteiger partial charge in [-0.25, -0.2) is 0 Å². The predicted octanol–water partition coefficient (Wildman–Crippen LogP) is 3.64. The van der Waals surface area contributed by atoms with Crippen molar-refractivity contribution in [3.63, 3.8) is 0 Å². The first-order chi connectivity index (χ1) is 9.76. The number of ether oxygens (including phenoxy) is 1. The molecule has 1 saturated heterocycles. The van der Waals surface area contributed by atoms with E-state index < -0.39 is 0 Å². The molecule has 116 valence electrons. The lowest BCUT2D eigenvalue weighted by molar-refractivity contribution is 0.237. The molecule has 2 heterocycles. The third-order valence-electron chi connectivity index (χ3n) is 3.89. The maximum atomic E-state index is 6.04. The topological polar surface area (TPSA) is 51.1 Å². The summed E-state index contributed by atoms with van der Waals surface area (Å²) in [4.78, 5) is 15.0. The van der Waals surface area contributed by atoms with Crippen molar-refractivity contribution < 1.29 is 4.74 Å². The monoisotopic (exact) mass is 310 g/mol. The number of hydrogen-bond donors (Lipinski definition) is 0. The van der Waals surface area contributed by atoms with Crippen LogP contribution in [0, 0.1) is 0 Å². The van der Waals surface area contributed by atoms with Crippen molar-refractivity contribution in [3.05, 3.63) is 17.9 Å². The van der Waals surface area contributed by atoms with E-state index in [0.717, 1.165) is 12.8 Å². The van der Waals surface area contributed by atoms with Crippen molar-refractivity contribution in [1.29, 1.82) is 0 Å². The standard InChI is InChI=1S/C15H23ClN4O/c1-6-10-21-13-18-11(16)17-12(19-13)20-14(2,3)8-7-9-15(20,4)5/h6H,1,7-10H2,2-5H3. The third kappa shape index (κ3) is 3.46.